The first-order chi connectivity index (χ1) is 15.7. The van der Waals surface area contributed by atoms with Crippen molar-refractivity contribution >= 4 is 71.7 Å². The van der Waals surface area contributed by atoms with Crippen LogP contribution in [0.5, 0.6) is 0 Å². The zero-order valence-electron chi connectivity index (χ0n) is 16.7. The molecule has 3 N–H and O–H groups in total. The first kappa shape index (κ1) is 23.3. The maximum atomic E-state index is 13.1. The Morgan fingerprint density at radius 2 is 1.79 bits per heavy atom. The molecule has 1 heterocycles. The van der Waals surface area contributed by atoms with E-state index in [0.29, 0.717) is 11.6 Å². The van der Waals surface area contributed by atoms with Crippen LogP contribution in [0.4, 0.5) is 17.1 Å². The fourth-order valence-electron chi connectivity index (χ4n) is 3.12. The molecule has 170 valence electrons. The summed E-state index contributed by atoms with van der Waals surface area (Å²) in [5.41, 5.74) is 6.72. The van der Waals surface area contributed by atoms with E-state index < -0.39 is 14.9 Å². The number of benzene rings is 3. The number of non-ortho nitro benzene ring substituents is 1. The van der Waals surface area contributed by atoms with Gasteiger partial charge in [-0.3, -0.25) is 14.8 Å². The molecule has 3 aromatic carbocycles. The summed E-state index contributed by atoms with van der Waals surface area (Å²) in [5, 5.41) is 15.0. The molecular weight excluding hydrogens is 507 g/mol. The lowest BCUT2D eigenvalue weighted by molar-refractivity contribution is -0.385. The number of fused-ring (bicyclic) bond motifs is 1. The van der Waals surface area contributed by atoms with E-state index in [9.17, 15) is 18.5 Å². The van der Waals surface area contributed by atoms with Crippen LogP contribution < -0.4 is 15.6 Å². The van der Waals surface area contributed by atoms with E-state index in [1.807, 2.05) is 23.6 Å². The average Bonchev–Trinajstić information content (AvgIpc) is 3.17. The molecule has 0 aliphatic heterocycles. The van der Waals surface area contributed by atoms with Gasteiger partial charge in [0.25, 0.3) is 15.7 Å². The average molecular weight is 523 g/mol. The second-order valence-corrected chi connectivity index (χ2v) is 10.3. The van der Waals surface area contributed by atoms with Gasteiger partial charge in [-0.1, -0.05) is 35.3 Å². The first-order valence-electron chi connectivity index (χ1n) is 9.45. The number of rotatable bonds is 8. The lowest BCUT2D eigenvalue weighted by Crippen LogP contribution is -2.23. The molecule has 0 bridgehead atoms. The summed E-state index contributed by atoms with van der Waals surface area (Å²) in [5.74, 6) is 0. The second-order valence-electron chi connectivity index (χ2n) is 6.90. The molecule has 33 heavy (non-hydrogen) atoms. The molecule has 8 nitrogen and oxygen atoms in total. The maximum absolute atomic E-state index is 13.1. The van der Waals surface area contributed by atoms with Crippen LogP contribution in [0.1, 0.15) is 5.56 Å². The summed E-state index contributed by atoms with van der Waals surface area (Å²) in [6.45, 7) is 0.356. The lowest BCUT2D eigenvalue weighted by atomic mass is 10.2. The van der Waals surface area contributed by atoms with E-state index in [1.165, 1.54) is 24.3 Å². The normalized spacial score (nSPS) is 11.5. The number of hydrogen-bond acceptors (Lipinski definition) is 7. The summed E-state index contributed by atoms with van der Waals surface area (Å²) in [4.78, 5) is 10.3. The van der Waals surface area contributed by atoms with Crippen molar-refractivity contribution in [3.8, 4) is 0 Å². The van der Waals surface area contributed by atoms with Gasteiger partial charge in [0.2, 0.25) is 0 Å². The molecule has 0 fully saturated rings. The van der Waals surface area contributed by atoms with Gasteiger partial charge in [0.05, 0.1) is 21.3 Å². The Bertz CT molecular complexity index is 1460. The van der Waals surface area contributed by atoms with Gasteiger partial charge >= 0.3 is 0 Å². The van der Waals surface area contributed by atoms with Crippen LogP contribution in [0.2, 0.25) is 10.0 Å². The molecular formula is C21H16Cl2N4O4S2. The van der Waals surface area contributed by atoms with Gasteiger partial charge in [0, 0.05) is 28.4 Å². The Morgan fingerprint density at radius 3 is 2.55 bits per heavy atom. The molecule has 0 radical (unpaired) electrons. The third-order valence-corrected chi connectivity index (χ3v) is 7.68. The number of nitro groups is 1. The number of hydrogen-bond donors (Lipinski definition) is 3. The van der Waals surface area contributed by atoms with Crippen LogP contribution >= 0.6 is 34.5 Å². The van der Waals surface area contributed by atoms with Gasteiger partial charge in [0.1, 0.15) is 4.90 Å². The van der Waals surface area contributed by atoms with Crippen molar-refractivity contribution in [2.24, 2.45) is 0 Å². The summed E-state index contributed by atoms with van der Waals surface area (Å²) in [6.07, 6.45) is 0. The van der Waals surface area contributed by atoms with Gasteiger partial charge in [-0.15, -0.1) is 11.3 Å². The number of para-hydroxylation sites is 1. The number of thiophene rings is 1. The SMILES string of the molecule is O=[N+]([O-])c1ccc(NNCc2csc3ccc(Cl)cc23)c(S(=O)(=O)Nc2ccccc2Cl)c1. The third-order valence-electron chi connectivity index (χ3n) is 4.70. The molecule has 0 spiro atoms. The topological polar surface area (TPSA) is 113 Å². The van der Waals surface area contributed by atoms with Gasteiger partial charge in [-0.05, 0) is 52.7 Å². The molecule has 4 rings (SSSR count). The second kappa shape index (κ2) is 9.54. The zero-order chi connectivity index (χ0) is 23.6. The largest absolute Gasteiger partial charge is 0.320 e. The van der Waals surface area contributed by atoms with Gasteiger partial charge in [-0.25, -0.2) is 13.8 Å². The summed E-state index contributed by atoms with van der Waals surface area (Å²) < 4.78 is 29.6. The quantitative estimate of drug-likeness (QED) is 0.192. The van der Waals surface area contributed by atoms with Crippen molar-refractivity contribution in [2.45, 2.75) is 11.4 Å². The van der Waals surface area contributed by atoms with Crippen LogP contribution in [-0.2, 0) is 16.6 Å². The van der Waals surface area contributed by atoms with Crippen LogP contribution in [0.25, 0.3) is 10.1 Å². The van der Waals surface area contributed by atoms with E-state index in [4.69, 9.17) is 23.2 Å². The number of hydrazine groups is 1. The predicted molar refractivity (Wildman–Crippen MR) is 133 cm³/mol. The predicted octanol–water partition coefficient (Wildman–Crippen LogP) is 6.03. The van der Waals surface area contributed by atoms with E-state index in [-0.39, 0.29) is 27.0 Å². The monoisotopic (exact) mass is 522 g/mol. The van der Waals surface area contributed by atoms with Gasteiger partial charge in [-0.2, -0.15) is 0 Å². The highest BCUT2D eigenvalue weighted by Crippen LogP contribution is 2.31. The molecule has 0 saturated carbocycles. The number of sulfonamides is 1. The Kier molecular flexibility index (Phi) is 6.73. The van der Waals surface area contributed by atoms with Crippen LogP contribution in [-0.4, -0.2) is 13.3 Å². The molecule has 12 heteroatoms. The minimum absolute atomic E-state index is 0.137. The molecule has 0 unspecified atom stereocenters. The zero-order valence-corrected chi connectivity index (χ0v) is 19.9. The minimum atomic E-state index is -4.20. The van der Waals surface area contributed by atoms with Gasteiger partial charge in [0.15, 0.2) is 0 Å². The van der Waals surface area contributed by atoms with Crippen molar-refractivity contribution in [1.29, 1.82) is 0 Å². The summed E-state index contributed by atoms with van der Waals surface area (Å²) in [7, 11) is -4.20. The molecule has 0 amide bonds. The third kappa shape index (κ3) is 5.21. The minimum Gasteiger partial charge on any atom is -0.320 e. The standard InChI is InChI=1S/C21H16Cl2N4O4S2/c22-14-5-8-20-16(9-14)13(12-32-20)11-24-25-19-7-6-15(27(28)29)10-21(19)33(30,31)26-18-4-2-1-3-17(18)23/h1-10,12,24-26H,11H2. The van der Waals surface area contributed by atoms with Crippen molar-refractivity contribution < 1.29 is 13.3 Å². The number of anilines is 2. The Hall–Kier alpha value is -2.89. The van der Waals surface area contributed by atoms with Crippen molar-refractivity contribution in [1.82, 2.24) is 5.43 Å². The van der Waals surface area contributed by atoms with Crippen LogP contribution in [0.15, 0.2) is 70.9 Å². The number of nitrogens with one attached hydrogen (secondary N) is 3. The molecule has 4 aromatic rings. The van der Waals surface area contributed by atoms with Crippen LogP contribution in [0.3, 0.4) is 0 Å². The molecule has 0 saturated heterocycles. The lowest BCUT2D eigenvalue weighted by Gasteiger charge is -2.15. The Morgan fingerprint density at radius 1 is 1.00 bits per heavy atom. The smallest absolute Gasteiger partial charge is 0.270 e. The Labute approximate surface area is 203 Å². The van der Waals surface area contributed by atoms with E-state index in [1.54, 1.807) is 23.5 Å². The van der Waals surface area contributed by atoms with Crippen molar-refractivity contribution in [3.63, 3.8) is 0 Å². The highest BCUT2D eigenvalue weighted by atomic mass is 35.5. The van der Waals surface area contributed by atoms with E-state index in [0.717, 1.165) is 21.7 Å². The molecule has 1 aromatic heterocycles. The highest BCUT2D eigenvalue weighted by molar-refractivity contribution is 7.93. The molecule has 0 atom stereocenters. The Balaban J connectivity index is 1.60. The number of nitro benzene ring substituents is 1. The molecule has 0 aliphatic carbocycles. The summed E-state index contributed by atoms with van der Waals surface area (Å²) in [6, 6.07) is 15.5. The van der Waals surface area contributed by atoms with Gasteiger partial charge < -0.3 is 5.43 Å². The fourth-order valence-corrected chi connectivity index (χ4v) is 5.74. The van der Waals surface area contributed by atoms with E-state index >= 15 is 0 Å². The maximum Gasteiger partial charge on any atom is 0.270 e. The van der Waals surface area contributed by atoms with E-state index in [2.05, 4.69) is 15.6 Å². The molecule has 0 aliphatic rings. The fraction of sp³-hybridized carbons (Fsp3) is 0.0476. The van der Waals surface area contributed by atoms with Crippen molar-refractivity contribution in [2.75, 3.05) is 10.1 Å². The number of halogens is 2. The summed E-state index contributed by atoms with van der Waals surface area (Å²) >= 11 is 13.7. The number of nitrogens with zero attached hydrogens (tertiary/aromatic N) is 1. The highest BCUT2D eigenvalue weighted by Gasteiger charge is 2.23. The first-order valence-corrected chi connectivity index (χ1v) is 12.6. The van der Waals surface area contributed by atoms with Crippen LogP contribution in [0, 0.1) is 10.1 Å². The van der Waals surface area contributed by atoms with Crippen molar-refractivity contribution in [3.05, 3.63) is 91.8 Å².